The van der Waals surface area contributed by atoms with E-state index in [0.29, 0.717) is 18.8 Å². The lowest BCUT2D eigenvalue weighted by Gasteiger charge is -2.42. The number of ether oxygens (including phenoxy) is 1. The zero-order chi connectivity index (χ0) is 17.7. The second-order valence-corrected chi connectivity index (χ2v) is 7.78. The van der Waals surface area contributed by atoms with E-state index in [-0.39, 0.29) is 5.41 Å². The van der Waals surface area contributed by atoms with E-state index in [1.807, 2.05) is 0 Å². The number of benzene rings is 1. The van der Waals surface area contributed by atoms with Crippen molar-refractivity contribution in [3.8, 4) is 5.75 Å². The molecule has 0 radical (unpaired) electrons. The highest BCUT2D eigenvalue weighted by Gasteiger charge is 2.39. The summed E-state index contributed by atoms with van der Waals surface area (Å²) >= 11 is 0. The van der Waals surface area contributed by atoms with Crippen LogP contribution in [0.15, 0.2) is 24.3 Å². The molecule has 1 aliphatic heterocycles. The highest BCUT2D eigenvalue weighted by Crippen LogP contribution is 2.44. The number of nitrogens with zero attached hydrogens (tertiary/aromatic N) is 1. The Morgan fingerprint density at radius 3 is 2.72 bits per heavy atom. The maximum atomic E-state index is 11.1. The van der Waals surface area contributed by atoms with Crippen LogP contribution in [0, 0.1) is 11.3 Å². The van der Waals surface area contributed by atoms with Gasteiger partial charge in [0.25, 0.3) is 0 Å². The van der Waals surface area contributed by atoms with E-state index in [2.05, 4.69) is 4.90 Å². The first-order valence-electron chi connectivity index (χ1n) is 9.46. The van der Waals surface area contributed by atoms with Crippen LogP contribution in [-0.4, -0.2) is 48.8 Å². The second-order valence-electron chi connectivity index (χ2n) is 7.78. The molecule has 5 heteroatoms. The zero-order valence-electron chi connectivity index (χ0n) is 15.0. The van der Waals surface area contributed by atoms with Gasteiger partial charge in [0, 0.05) is 30.7 Å². The molecular weight excluding hydrogens is 316 g/mol. The predicted molar refractivity (Wildman–Crippen MR) is 97.6 cm³/mol. The van der Waals surface area contributed by atoms with Gasteiger partial charge in [-0.1, -0.05) is 12.8 Å². The minimum absolute atomic E-state index is 0.130. The lowest BCUT2D eigenvalue weighted by atomic mass is 9.76. The maximum Gasteiger partial charge on any atom is 0.248 e. The fraction of sp³-hybridized carbons (Fsp3) is 0.650. The van der Waals surface area contributed by atoms with E-state index in [9.17, 15) is 9.90 Å². The molecule has 3 N–H and O–H groups in total. The molecular formula is C20H30N2O3. The maximum absolute atomic E-state index is 11.1. The molecule has 1 amide bonds. The smallest absolute Gasteiger partial charge is 0.248 e. The van der Waals surface area contributed by atoms with Gasteiger partial charge in [0.05, 0.1) is 6.61 Å². The fourth-order valence-corrected chi connectivity index (χ4v) is 3.99. The predicted octanol–water partition coefficient (Wildman–Crippen LogP) is 2.43. The molecule has 25 heavy (non-hydrogen) atoms. The quantitative estimate of drug-likeness (QED) is 0.673. The van der Waals surface area contributed by atoms with Gasteiger partial charge in [-0.2, -0.15) is 0 Å². The van der Waals surface area contributed by atoms with Crippen LogP contribution < -0.4 is 10.5 Å². The molecule has 3 rings (SSSR count). The van der Waals surface area contributed by atoms with E-state index in [1.165, 1.54) is 32.1 Å². The van der Waals surface area contributed by atoms with Crippen molar-refractivity contribution in [3.63, 3.8) is 0 Å². The van der Waals surface area contributed by atoms with Crippen LogP contribution in [0.3, 0.4) is 0 Å². The number of primary amides is 1. The van der Waals surface area contributed by atoms with Gasteiger partial charge in [0.2, 0.25) is 5.91 Å². The highest BCUT2D eigenvalue weighted by atomic mass is 16.5. The highest BCUT2D eigenvalue weighted by molar-refractivity contribution is 5.92. The first-order valence-corrected chi connectivity index (χ1v) is 9.46. The molecule has 1 saturated carbocycles. The van der Waals surface area contributed by atoms with Crippen molar-refractivity contribution in [2.45, 2.75) is 38.5 Å². The molecule has 1 heterocycles. The monoisotopic (exact) mass is 346 g/mol. The number of aliphatic hydroxyl groups excluding tert-OH is 1. The topological polar surface area (TPSA) is 75.8 Å². The Hall–Kier alpha value is -1.59. The minimum atomic E-state index is -0.421. The SMILES string of the molecule is NC(=O)c1ccc(OCCCN2CCCC(CO)(CC3CC3)C2)cc1. The number of carbonyl (C=O) groups is 1. The van der Waals surface area contributed by atoms with Crippen molar-refractivity contribution >= 4 is 5.91 Å². The van der Waals surface area contributed by atoms with E-state index in [4.69, 9.17) is 10.5 Å². The molecule has 0 aromatic heterocycles. The largest absolute Gasteiger partial charge is 0.494 e. The number of carbonyl (C=O) groups excluding carboxylic acids is 1. The van der Waals surface area contributed by atoms with Crippen LogP contribution in [0.2, 0.25) is 0 Å². The molecule has 1 aromatic rings. The van der Waals surface area contributed by atoms with Crippen molar-refractivity contribution in [2.75, 3.05) is 32.8 Å². The minimum Gasteiger partial charge on any atom is -0.494 e. The normalized spacial score (nSPS) is 24.2. The van der Waals surface area contributed by atoms with Crippen LogP contribution in [0.4, 0.5) is 0 Å². The Morgan fingerprint density at radius 1 is 1.32 bits per heavy atom. The summed E-state index contributed by atoms with van der Waals surface area (Å²) < 4.78 is 5.76. The summed E-state index contributed by atoms with van der Waals surface area (Å²) in [6.45, 7) is 4.13. The Kier molecular flexibility index (Phi) is 5.97. The summed E-state index contributed by atoms with van der Waals surface area (Å²) in [6, 6.07) is 6.95. The zero-order valence-corrected chi connectivity index (χ0v) is 15.0. The van der Waals surface area contributed by atoms with Crippen LogP contribution in [0.1, 0.15) is 48.9 Å². The average molecular weight is 346 g/mol. The summed E-state index contributed by atoms with van der Waals surface area (Å²) in [5, 5.41) is 9.93. The van der Waals surface area contributed by atoms with Gasteiger partial charge in [-0.25, -0.2) is 0 Å². The molecule has 5 nitrogen and oxygen atoms in total. The summed E-state index contributed by atoms with van der Waals surface area (Å²) in [4.78, 5) is 13.5. The summed E-state index contributed by atoms with van der Waals surface area (Å²) in [7, 11) is 0. The van der Waals surface area contributed by atoms with Crippen LogP contribution >= 0.6 is 0 Å². The van der Waals surface area contributed by atoms with Crippen LogP contribution in [-0.2, 0) is 0 Å². The van der Waals surface area contributed by atoms with Gasteiger partial charge in [0.15, 0.2) is 0 Å². The van der Waals surface area contributed by atoms with Crippen molar-refractivity contribution in [3.05, 3.63) is 29.8 Å². The second kappa shape index (κ2) is 8.19. The number of aliphatic hydroxyl groups is 1. The van der Waals surface area contributed by atoms with Gasteiger partial charge in [-0.05, 0) is 62.4 Å². The van der Waals surface area contributed by atoms with E-state index >= 15 is 0 Å². The first kappa shape index (κ1) is 18.2. The third-order valence-electron chi connectivity index (χ3n) is 5.52. The molecule has 1 aliphatic carbocycles. The molecule has 2 fully saturated rings. The number of piperidine rings is 1. The van der Waals surface area contributed by atoms with E-state index < -0.39 is 5.91 Å². The Morgan fingerprint density at radius 2 is 2.08 bits per heavy atom. The number of nitrogens with two attached hydrogens (primary N) is 1. The molecule has 138 valence electrons. The lowest BCUT2D eigenvalue weighted by molar-refractivity contribution is 0.0197. The van der Waals surface area contributed by atoms with Crippen LogP contribution in [0.5, 0.6) is 5.75 Å². The lowest BCUT2D eigenvalue weighted by Crippen LogP contribution is -2.46. The fourth-order valence-electron chi connectivity index (χ4n) is 3.99. The van der Waals surface area contributed by atoms with Gasteiger partial charge in [0.1, 0.15) is 5.75 Å². The molecule has 2 aliphatic rings. The number of likely N-dealkylation sites (tertiary alicyclic amines) is 1. The number of hydrogen-bond donors (Lipinski definition) is 2. The van der Waals surface area contributed by atoms with Crippen molar-refractivity contribution in [1.29, 1.82) is 0 Å². The standard InChI is InChI=1S/C20H30N2O3/c21-19(24)17-5-7-18(8-6-17)25-12-2-11-22-10-1-9-20(14-22,15-23)13-16-3-4-16/h5-8,16,23H,1-4,9-15H2,(H2,21,24). The van der Waals surface area contributed by atoms with E-state index in [1.54, 1.807) is 24.3 Å². The third kappa shape index (κ3) is 5.19. The van der Waals surface area contributed by atoms with Crippen molar-refractivity contribution in [1.82, 2.24) is 4.90 Å². The Bertz CT molecular complexity index is 571. The Labute approximate surface area is 150 Å². The van der Waals surface area contributed by atoms with Crippen molar-refractivity contribution in [2.24, 2.45) is 17.1 Å². The number of hydrogen-bond acceptors (Lipinski definition) is 4. The summed E-state index contributed by atoms with van der Waals surface area (Å²) in [6.07, 6.45) is 7.21. The molecule has 0 spiro atoms. The van der Waals surface area contributed by atoms with Crippen LogP contribution in [0.25, 0.3) is 0 Å². The summed E-state index contributed by atoms with van der Waals surface area (Å²) in [5.41, 5.74) is 5.86. The third-order valence-corrected chi connectivity index (χ3v) is 5.52. The summed E-state index contributed by atoms with van der Waals surface area (Å²) in [5.74, 6) is 1.20. The first-order chi connectivity index (χ1) is 12.1. The molecule has 1 atom stereocenters. The van der Waals surface area contributed by atoms with Gasteiger partial charge < -0.3 is 20.5 Å². The molecule has 1 aromatic carbocycles. The van der Waals surface area contributed by atoms with E-state index in [0.717, 1.165) is 37.7 Å². The number of rotatable bonds is 9. The number of amides is 1. The Balaban J connectivity index is 1.40. The van der Waals surface area contributed by atoms with Gasteiger partial charge in [-0.3, -0.25) is 4.79 Å². The molecule has 1 unspecified atom stereocenters. The molecule has 0 bridgehead atoms. The van der Waals surface area contributed by atoms with Crippen molar-refractivity contribution < 1.29 is 14.6 Å². The van der Waals surface area contributed by atoms with Gasteiger partial charge in [-0.15, -0.1) is 0 Å². The van der Waals surface area contributed by atoms with Gasteiger partial charge >= 0.3 is 0 Å². The average Bonchev–Trinajstić information content (AvgIpc) is 3.43. The molecule has 1 saturated heterocycles.